The van der Waals surface area contributed by atoms with Gasteiger partial charge in [0.15, 0.2) is 0 Å². The average Bonchev–Trinajstić information content (AvgIpc) is 2.70. The second-order valence-corrected chi connectivity index (χ2v) is 6.87. The monoisotopic (exact) mass is 362 g/mol. The molecule has 2 heteroatoms. The van der Waals surface area contributed by atoms with Crippen LogP contribution in [0.4, 0.5) is 4.39 Å². The predicted molar refractivity (Wildman–Crippen MR) is 112 cm³/mol. The normalized spacial score (nSPS) is 10.8. The summed E-state index contributed by atoms with van der Waals surface area (Å²) in [6.45, 7) is 5.03. The van der Waals surface area contributed by atoms with E-state index in [2.05, 4.69) is 38.1 Å². The average molecular weight is 362 g/mol. The molecule has 0 fully saturated rings. The van der Waals surface area contributed by atoms with Gasteiger partial charge in [0.05, 0.1) is 6.61 Å². The lowest BCUT2D eigenvalue weighted by molar-refractivity contribution is 0.309. The van der Waals surface area contributed by atoms with E-state index < -0.39 is 0 Å². The van der Waals surface area contributed by atoms with E-state index in [0.717, 1.165) is 54.7 Å². The quantitative estimate of drug-likeness (QED) is 0.382. The largest absolute Gasteiger partial charge is 0.494 e. The zero-order valence-corrected chi connectivity index (χ0v) is 16.2. The van der Waals surface area contributed by atoms with Crippen molar-refractivity contribution in [1.29, 1.82) is 0 Å². The van der Waals surface area contributed by atoms with Crippen LogP contribution >= 0.6 is 0 Å². The Hall–Kier alpha value is -2.61. The van der Waals surface area contributed by atoms with E-state index in [1.807, 2.05) is 36.4 Å². The van der Waals surface area contributed by atoms with Crippen molar-refractivity contribution in [2.75, 3.05) is 6.61 Å². The van der Waals surface area contributed by atoms with Crippen LogP contribution in [-0.2, 0) is 6.42 Å². The fourth-order valence-corrected chi connectivity index (χ4v) is 3.15. The van der Waals surface area contributed by atoms with Gasteiger partial charge in [-0.3, -0.25) is 0 Å². The standard InChI is InChI=1S/C25H27FO/c1-3-5-17-27-23-14-11-21(12-15-23)24-16-13-22(18-25(24)26)20-9-7-19(6-4-2)8-10-20/h7-16,18H,3-6,17H2,1-2H3. The summed E-state index contributed by atoms with van der Waals surface area (Å²) in [5.41, 5.74) is 4.74. The van der Waals surface area contributed by atoms with Gasteiger partial charge < -0.3 is 4.74 Å². The van der Waals surface area contributed by atoms with Crippen molar-refractivity contribution in [3.63, 3.8) is 0 Å². The second-order valence-electron chi connectivity index (χ2n) is 6.87. The summed E-state index contributed by atoms with van der Waals surface area (Å²) >= 11 is 0. The van der Waals surface area contributed by atoms with Crippen LogP contribution in [0.3, 0.4) is 0 Å². The van der Waals surface area contributed by atoms with Crippen molar-refractivity contribution >= 4 is 0 Å². The third kappa shape index (κ3) is 4.97. The first-order valence-electron chi connectivity index (χ1n) is 9.83. The Bertz CT molecular complexity index is 850. The van der Waals surface area contributed by atoms with Crippen LogP contribution in [0.15, 0.2) is 66.7 Å². The van der Waals surface area contributed by atoms with Crippen molar-refractivity contribution in [3.8, 4) is 28.0 Å². The van der Waals surface area contributed by atoms with Crippen LogP contribution in [0.25, 0.3) is 22.3 Å². The first-order valence-corrected chi connectivity index (χ1v) is 9.83. The lowest BCUT2D eigenvalue weighted by atomic mass is 9.98. The Labute approximate surface area is 161 Å². The van der Waals surface area contributed by atoms with E-state index in [4.69, 9.17) is 4.74 Å². The Kier molecular flexibility index (Phi) is 6.64. The Morgan fingerprint density at radius 3 is 2.04 bits per heavy atom. The van der Waals surface area contributed by atoms with Gasteiger partial charge in [-0.15, -0.1) is 0 Å². The fraction of sp³-hybridized carbons (Fsp3) is 0.280. The summed E-state index contributed by atoms with van der Waals surface area (Å²) in [5, 5.41) is 0. The van der Waals surface area contributed by atoms with Crippen LogP contribution in [0.1, 0.15) is 38.7 Å². The molecule has 3 rings (SSSR count). The highest BCUT2D eigenvalue weighted by atomic mass is 19.1. The molecule has 0 bridgehead atoms. The van der Waals surface area contributed by atoms with Gasteiger partial charge in [0.25, 0.3) is 0 Å². The van der Waals surface area contributed by atoms with Crippen LogP contribution < -0.4 is 4.74 Å². The summed E-state index contributed by atoms with van der Waals surface area (Å²) < 4.78 is 20.4. The molecule has 1 nitrogen and oxygen atoms in total. The topological polar surface area (TPSA) is 9.23 Å². The minimum Gasteiger partial charge on any atom is -0.494 e. The lowest BCUT2D eigenvalue weighted by Crippen LogP contribution is -1.96. The molecule has 0 radical (unpaired) electrons. The summed E-state index contributed by atoms with van der Waals surface area (Å²) in [4.78, 5) is 0. The molecule has 0 heterocycles. The minimum atomic E-state index is -0.204. The van der Waals surface area contributed by atoms with Crippen molar-refractivity contribution in [2.24, 2.45) is 0 Å². The molecule has 0 aliphatic heterocycles. The predicted octanol–water partition coefficient (Wildman–Crippen LogP) is 7.29. The molecule has 0 aromatic heterocycles. The van der Waals surface area contributed by atoms with Crippen LogP contribution in [0.2, 0.25) is 0 Å². The van der Waals surface area contributed by atoms with Crippen LogP contribution in [-0.4, -0.2) is 6.61 Å². The molecule has 140 valence electrons. The molecule has 3 aromatic rings. The van der Waals surface area contributed by atoms with E-state index in [1.165, 1.54) is 5.56 Å². The smallest absolute Gasteiger partial charge is 0.131 e. The highest BCUT2D eigenvalue weighted by Crippen LogP contribution is 2.29. The van der Waals surface area contributed by atoms with Crippen LogP contribution in [0, 0.1) is 5.82 Å². The first-order chi connectivity index (χ1) is 13.2. The molecular formula is C25H27FO. The zero-order valence-electron chi connectivity index (χ0n) is 16.2. The Morgan fingerprint density at radius 2 is 1.41 bits per heavy atom. The van der Waals surface area contributed by atoms with Gasteiger partial charge in [0.1, 0.15) is 11.6 Å². The van der Waals surface area contributed by atoms with Gasteiger partial charge in [-0.25, -0.2) is 4.39 Å². The fourth-order valence-electron chi connectivity index (χ4n) is 3.15. The second kappa shape index (κ2) is 9.36. The molecule has 0 saturated heterocycles. The summed E-state index contributed by atoms with van der Waals surface area (Å²) in [5.74, 6) is 0.626. The van der Waals surface area contributed by atoms with Crippen molar-refractivity contribution in [1.82, 2.24) is 0 Å². The summed E-state index contributed by atoms with van der Waals surface area (Å²) in [6, 6.07) is 21.5. The number of aryl methyl sites for hydroxylation is 1. The molecule has 0 N–H and O–H groups in total. The molecular weight excluding hydrogens is 335 g/mol. The number of unbranched alkanes of at least 4 members (excludes halogenated alkanes) is 1. The molecule has 0 aliphatic rings. The maximum Gasteiger partial charge on any atom is 0.131 e. The molecule has 0 aliphatic carbocycles. The third-order valence-corrected chi connectivity index (χ3v) is 4.73. The van der Waals surface area contributed by atoms with E-state index in [-0.39, 0.29) is 5.82 Å². The first kappa shape index (κ1) is 19.2. The summed E-state index contributed by atoms with van der Waals surface area (Å²) in [7, 11) is 0. The number of halogens is 1. The maximum absolute atomic E-state index is 14.7. The van der Waals surface area contributed by atoms with Crippen LogP contribution in [0.5, 0.6) is 5.75 Å². The molecule has 0 atom stereocenters. The highest BCUT2D eigenvalue weighted by Gasteiger charge is 2.08. The molecule has 3 aromatic carbocycles. The van der Waals surface area contributed by atoms with Crippen molar-refractivity contribution in [3.05, 3.63) is 78.1 Å². The van der Waals surface area contributed by atoms with E-state index >= 15 is 0 Å². The number of benzene rings is 3. The lowest BCUT2D eigenvalue weighted by Gasteiger charge is -2.09. The number of hydrogen-bond acceptors (Lipinski definition) is 1. The van der Waals surface area contributed by atoms with Gasteiger partial charge in [-0.2, -0.15) is 0 Å². The van der Waals surface area contributed by atoms with Gasteiger partial charge in [0, 0.05) is 5.56 Å². The molecule has 27 heavy (non-hydrogen) atoms. The zero-order chi connectivity index (χ0) is 19.1. The molecule has 0 unspecified atom stereocenters. The number of hydrogen-bond donors (Lipinski definition) is 0. The third-order valence-electron chi connectivity index (χ3n) is 4.73. The van der Waals surface area contributed by atoms with Gasteiger partial charge in [-0.05, 0) is 53.3 Å². The van der Waals surface area contributed by atoms with E-state index in [1.54, 1.807) is 6.07 Å². The summed E-state index contributed by atoms with van der Waals surface area (Å²) in [6.07, 6.45) is 4.35. The van der Waals surface area contributed by atoms with Crippen molar-refractivity contribution in [2.45, 2.75) is 39.5 Å². The van der Waals surface area contributed by atoms with Gasteiger partial charge in [-0.1, -0.05) is 75.2 Å². The van der Waals surface area contributed by atoms with E-state index in [0.29, 0.717) is 5.56 Å². The maximum atomic E-state index is 14.7. The van der Waals surface area contributed by atoms with E-state index in [9.17, 15) is 4.39 Å². The molecule has 0 spiro atoms. The van der Waals surface area contributed by atoms with Crippen molar-refractivity contribution < 1.29 is 9.13 Å². The molecule has 0 saturated carbocycles. The molecule has 0 amide bonds. The Morgan fingerprint density at radius 1 is 0.741 bits per heavy atom. The van der Waals surface area contributed by atoms with Gasteiger partial charge >= 0.3 is 0 Å². The highest BCUT2D eigenvalue weighted by molar-refractivity contribution is 5.71. The SMILES string of the molecule is CCCCOc1ccc(-c2ccc(-c3ccc(CCC)cc3)cc2F)cc1. The number of ether oxygens (including phenoxy) is 1. The Balaban J connectivity index is 1.76. The van der Waals surface area contributed by atoms with Gasteiger partial charge in [0.2, 0.25) is 0 Å². The minimum absolute atomic E-state index is 0.204. The number of rotatable bonds is 8.